The second-order valence-electron chi connectivity index (χ2n) is 6.38. The zero-order valence-electron chi connectivity index (χ0n) is 16.4. The first-order valence-electron chi connectivity index (χ1n) is 9.36. The third-order valence-electron chi connectivity index (χ3n) is 4.89. The lowest BCUT2D eigenvalue weighted by molar-refractivity contribution is -0.146. The number of carbonyl (C=O) groups is 1. The smallest absolute Gasteiger partial charge is 0.308 e. The molecule has 1 fully saturated rings. The van der Waals surface area contributed by atoms with E-state index in [9.17, 15) is 4.79 Å². The van der Waals surface area contributed by atoms with Crippen molar-refractivity contribution in [3.63, 3.8) is 0 Å². The molecule has 1 aromatic rings. The summed E-state index contributed by atoms with van der Waals surface area (Å²) in [5.74, 6) is 1.77. The van der Waals surface area contributed by atoms with Gasteiger partial charge in [0.05, 0.1) is 13.0 Å². The van der Waals surface area contributed by atoms with Crippen LogP contribution < -0.4 is 10.2 Å². The van der Waals surface area contributed by atoms with Gasteiger partial charge in [0.1, 0.15) is 5.82 Å². The van der Waals surface area contributed by atoms with Gasteiger partial charge in [-0.2, -0.15) is 0 Å². The van der Waals surface area contributed by atoms with Crippen LogP contribution in [0.4, 0.5) is 5.82 Å². The molecule has 1 N–H and O–H groups in total. The van der Waals surface area contributed by atoms with Crippen LogP contribution in [-0.4, -0.2) is 62.1 Å². The highest BCUT2D eigenvalue weighted by Gasteiger charge is 2.26. The summed E-state index contributed by atoms with van der Waals surface area (Å²) in [6.07, 6.45) is 3.51. The number of likely N-dealkylation sites (tertiary alicyclic amines) is 1. The largest absolute Gasteiger partial charge is 0.469 e. The van der Waals surface area contributed by atoms with Gasteiger partial charge < -0.3 is 19.9 Å². The van der Waals surface area contributed by atoms with Crippen LogP contribution in [0.5, 0.6) is 0 Å². The summed E-state index contributed by atoms with van der Waals surface area (Å²) >= 11 is 0. The predicted octanol–water partition coefficient (Wildman–Crippen LogP) is 1.89. The van der Waals surface area contributed by atoms with Crippen LogP contribution in [0.25, 0.3) is 0 Å². The molecule has 0 amide bonds. The standard InChI is InChI=1S/C19H31N5O2/c1-5-23(6-2)17-8-7-15(13-21-17)14-22-19(20-3)24-11-9-16(10-12-24)18(25)26-4/h7-8,13,16H,5-6,9-12,14H2,1-4H3,(H,20,22). The number of piperidine rings is 1. The predicted molar refractivity (Wildman–Crippen MR) is 104 cm³/mol. The summed E-state index contributed by atoms with van der Waals surface area (Å²) in [4.78, 5) is 25.0. The van der Waals surface area contributed by atoms with E-state index in [0.29, 0.717) is 6.54 Å². The number of nitrogens with one attached hydrogen (secondary N) is 1. The van der Waals surface area contributed by atoms with Gasteiger partial charge in [0.15, 0.2) is 5.96 Å². The Morgan fingerprint density at radius 1 is 1.35 bits per heavy atom. The Morgan fingerprint density at radius 2 is 2.04 bits per heavy atom. The number of methoxy groups -OCH3 is 1. The lowest BCUT2D eigenvalue weighted by Gasteiger charge is -2.33. The zero-order chi connectivity index (χ0) is 18.9. The molecule has 1 aliphatic heterocycles. The van der Waals surface area contributed by atoms with Crippen LogP contribution in [-0.2, 0) is 16.1 Å². The molecule has 144 valence electrons. The molecule has 0 atom stereocenters. The van der Waals surface area contributed by atoms with Crippen LogP contribution in [0.3, 0.4) is 0 Å². The van der Waals surface area contributed by atoms with Crippen molar-refractivity contribution in [3.8, 4) is 0 Å². The molecule has 0 radical (unpaired) electrons. The Balaban J connectivity index is 1.87. The van der Waals surface area contributed by atoms with Gasteiger partial charge in [0.25, 0.3) is 0 Å². The minimum absolute atomic E-state index is 0.00572. The fourth-order valence-electron chi connectivity index (χ4n) is 3.26. The van der Waals surface area contributed by atoms with E-state index in [2.05, 4.69) is 51.1 Å². The number of ether oxygens (including phenoxy) is 1. The molecule has 0 spiro atoms. The maximum Gasteiger partial charge on any atom is 0.308 e. The molecule has 1 aliphatic rings. The number of hydrogen-bond donors (Lipinski definition) is 1. The molecule has 2 rings (SSSR count). The normalized spacial score (nSPS) is 15.7. The van der Waals surface area contributed by atoms with Crippen molar-refractivity contribution in [1.29, 1.82) is 0 Å². The first-order valence-corrected chi connectivity index (χ1v) is 9.36. The summed E-state index contributed by atoms with van der Waals surface area (Å²) in [6, 6.07) is 4.17. The summed E-state index contributed by atoms with van der Waals surface area (Å²) in [5, 5.41) is 3.40. The van der Waals surface area contributed by atoms with Crippen molar-refractivity contribution in [2.75, 3.05) is 45.2 Å². The first kappa shape index (κ1) is 20.0. The minimum Gasteiger partial charge on any atom is -0.469 e. The minimum atomic E-state index is -0.105. The zero-order valence-corrected chi connectivity index (χ0v) is 16.4. The third kappa shape index (κ3) is 5.09. The van der Waals surface area contributed by atoms with Crippen molar-refractivity contribution in [3.05, 3.63) is 23.9 Å². The van der Waals surface area contributed by atoms with Gasteiger partial charge in [-0.05, 0) is 38.3 Å². The maximum atomic E-state index is 11.6. The van der Waals surface area contributed by atoms with E-state index in [1.165, 1.54) is 7.11 Å². The van der Waals surface area contributed by atoms with Gasteiger partial charge in [-0.1, -0.05) is 6.07 Å². The number of carbonyl (C=O) groups excluding carboxylic acids is 1. The molecule has 2 heterocycles. The highest BCUT2D eigenvalue weighted by atomic mass is 16.5. The van der Waals surface area contributed by atoms with Crippen molar-refractivity contribution in [2.24, 2.45) is 10.9 Å². The third-order valence-corrected chi connectivity index (χ3v) is 4.89. The number of anilines is 1. The van der Waals surface area contributed by atoms with Gasteiger partial charge >= 0.3 is 5.97 Å². The van der Waals surface area contributed by atoms with E-state index in [-0.39, 0.29) is 11.9 Å². The van der Waals surface area contributed by atoms with Crippen LogP contribution in [0.15, 0.2) is 23.3 Å². The number of guanidine groups is 1. The maximum absolute atomic E-state index is 11.6. The average Bonchev–Trinajstić information content (AvgIpc) is 2.70. The van der Waals surface area contributed by atoms with Crippen LogP contribution in [0.1, 0.15) is 32.3 Å². The molecule has 0 aromatic carbocycles. The van der Waals surface area contributed by atoms with E-state index >= 15 is 0 Å². The van der Waals surface area contributed by atoms with Crippen molar-refractivity contribution < 1.29 is 9.53 Å². The first-order chi connectivity index (χ1) is 12.6. The molecule has 1 aromatic heterocycles. The number of aromatic nitrogens is 1. The summed E-state index contributed by atoms with van der Waals surface area (Å²) in [6.45, 7) is 8.46. The number of esters is 1. The van der Waals surface area contributed by atoms with Gasteiger partial charge in [-0.3, -0.25) is 9.79 Å². The van der Waals surface area contributed by atoms with E-state index in [4.69, 9.17) is 4.74 Å². The Labute approximate surface area is 156 Å². The second kappa shape index (κ2) is 9.99. The van der Waals surface area contributed by atoms with E-state index < -0.39 is 0 Å². The molecule has 7 nitrogen and oxygen atoms in total. The molecular weight excluding hydrogens is 330 g/mol. The number of aliphatic imine (C=N–C) groups is 1. The molecule has 0 aliphatic carbocycles. The molecule has 0 saturated carbocycles. The van der Waals surface area contributed by atoms with Gasteiger partial charge in [-0.25, -0.2) is 4.98 Å². The van der Waals surface area contributed by atoms with Crippen molar-refractivity contribution in [2.45, 2.75) is 33.2 Å². The molecule has 26 heavy (non-hydrogen) atoms. The average molecular weight is 361 g/mol. The molecular formula is C19H31N5O2. The van der Waals surface area contributed by atoms with Crippen LogP contribution in [0, 0.1) is 5.92 Å². The highest BCUT2D eigenvalue weighted by molar-refractivity contribution is 5.80. The van der Waals surface area contributed by atoms with Gasteiger partial charge in [0.2, 0.25) is 0 Å². The second-order valence-corrected chi connectivity index (χ2v) is 6.38. The summed E-state index contributed by atoms with van der Waals surface area (Å²) in [5.41, 5.74) is 1.12. The van der Waals surface area contributed by atoms with E-state index in [0.717, 1.165) is 56.4 Å². The summed E-state index contributed by atoms with van der Waals surface area (Å²) < 4.78 is 4.85. The van der Waals surface area contributed by atoms with E-state index in [1.807, 2.05) is 6.20 Å². The number of nitrogens with zero attached hydrogens (tertiary/aromatic N) is 4. The summed E-state index contributed by atoms with van der Waals surface area (Å²) in [7, 11) is 3.24. The lowest BCUT2D eigenvalue weighted by Crippen LogP contribution is -2.46. The Kier molecular flexibility index (Phi) is 7.69. The number of hydrogen-bond acceptors (Lipinski definition) is 5. The van der Waals surface area contributed by atoms with Gasteiger partial charge in [-0.15, -0.1) is 0 Å². The lowest BCUT2D eigenvalue weighted by atomic mass is 9.97. The van der Waals surface area contributed by atoms with Crippen molar-refractivity contribution in [1.82, 2.24) is 15.2 Å². The fraction of sp³-hybridized carbons (Fsp3) is 0.632. The van der Waals surface area contributed by atoms with Crippen LogP contribution >= 0.6 is 0 Å². The van der Waals surface area contributed by atoms with Crippen LogP contribution in [0.2, 0.25) is 0 Å². The van der Waals surface area contributed by atoms with Gasteiger partial charge in [0, 0.05) is 46.0 Å². The molecule has 1 saturated heterocycles. The Morgan fingerprint density at radius 3 is 2.54 bits per heavy atom. The number of rotatable bonds is 6. The fourth-order valence-corrected chi connectivity index (χ4v) is 3.26. The number of pyridine rings is 1. The monoisotopic (exact) mass is 361 g/mol. The Hall–Kier alpha value is -2.31. The SMILES string of the molecule is CCN(CC)c1ccc(CNC(=NC)N2CCC(C(=O)OC)CC2)cn1. The Bertz CT molecular complexity index is 590. The molecule has 7 heteroatoms. The highest BCUT2D eigenvalue weighted by Crippen LogP contribution is 2.18. The molecule has 0 unspecified atom stereocenters. The van der Waals surface area contributed by atoms with E-state index in [1.54, 1.807) is 7.05 Å². The quantitative estimate of drug-likeness (QED) is 0.474. The molecule has 0 bridgehead atoms. The van der Waals surface area contributed by atoms with Crippen molar-refractivity contribution >= 4 is 17.7 Å². The topological polar surface area (TPSA) is 70.1 Å².